The van der Waals surface area contributed by atoms with E-state index in [1.54, 1.807) is 12.1 Å². The molecular formula is C11H10BrN3O4S. The fourth-order valence-electron chi connectivity index (χ4n) is 1.55. The molecule has 0 unspecified atom stereocenters. The van der Waals surface area contributed by atoms with Crippen molar-refractivity contribution in [1.82, 2.24) is 9.55 Å². The van der Waals surface area contributed by atoms with Crippen LogP contribution in [0.3, 0.4) is 0 Å². The molecule has 1 aromatic carbocycles. The summed E-state index contributed by atoms with van der Waals surface area (Å²) in [5, 5.41) is 10.5. The maximum Gasteiger partial charge on any atom is 0.381 e. The van der Waals surface area contributed by atoms with E-state index < -0.39 is 14.8 Å². The minimum Gasteiger partial charge on any atom is -0.358 e. The molecule has 1 heterocycles. The molecule has 0 atom stereocenters. The first-order chi connectivity index (χ1) is 9.38. The van der Waals surface area contributed by atoms with Crippen LogP contribution in [0.25, 0.3) is 0 Å². The van der Waals surface area contributed by atoms with Crippen molar-refractivity contribution in [2.45, 2.75) is 11.4 Å². The molecular weight excluding hydrogens is 350 g/mol. The first kappa shape index (κ1) is 14.7. The number of aromatic nitrogens is 2. The molecule has 0 N–H and O–H groups in total. The molecule has 2 aromatic rings. The van der Waals surface area contributed by atoms with E-state index in [9.17, 15) is 18.5 Å². The van der Waals surface area contributed by atoms with E-state index >= 15 is 0 Å². The zero-order chi connectivity index (χ0) is 14.8. The number of imidazole rings is 1. The van der Waals surface area contributed by atoms with Crippen molar-refractivity contribution in [3.05, 3.63) is 51.4 Å². The van der Waals surface area contributed by atoms with Crippen LogP contribution in [-0.4, -0.2) is 28.6 Å². The van der Waals surface area contributed by atoms with Crippen molar-refractivity contribution in [3.8, 4) is 0 Å². The van der Waals surface area contributed by atoms with Crippen LogP contribution in [0.2, 0.25) is 0 Å². The van der Waals surface area contributed by atoms with Gasteiger partial charge in [-0.1, -0.05) is 15.9 Å². The van der Waals surface area contributed by atoms with Crippen LogP contribution in [0.1, 0.15) is 0 Å². The van der Waals surface area contributed by atoms with Gasteiger partial charge in [-0.3, -0.25) is 0 Å². The highest BCUT2D eigenvalue weighted by molar-refractivity contribution is 9.10. The third-order valence-electron chi connectivity index (χ3n) is 2.60. The van der Waals surface area contributed by atoms with Crippen LogP contribution in [0.4, 0.5) is 5.82 Å². The second-order valence-electron chi connectivity index (χ2n) is 4.00. The quantitative estimate of drug-likeness (QED) is 0.601. The minimum absolute atomic E-state index is 0.110. The van der Waals surface area contributed by atoms with E-state index in [0.29, 0.717) is 0 Å². The fraction of sp³-hybridized carbons (Fsp3) is 0.182. The van der Waals surface area contributed by atoms with E-state index in [0.717, 1.165) is 4.47 Å². The zero-order valence-electron chi connectivity index (χ0n) is 10.1. The number of aryl methyl sites for hydroxylation is 1. The molecule has 0 spiro atoms. The van der Waals surface area contributed by atoms with Crippen LogP contribution in [-0.2, 0) is 16.4 Å². The molecule has 20 heavy (non-hydrogen) atoms. The fourth-order valence-corrected chi connectivity index (χ4v) is 3.05. The molecule has 0 bridgehead atoms. The van der Waals surface area contributed by atoms with Crippen molar-refractivity contribution in [2.75, 3.05) is 5.75 Å². The van der Waals surface area contributed by atoms with Gasteiger partial charge < -0.3 is 14.7 Å². The monoisotopic (exact) mass is 359 g/mol. The number of rotatable bonds is 5. The lowest BCUT2D eigenvalue weighted by atomic mass is 10.4. The molecule has 7 nitrogen and oxygen atoms in total. The molecule has 0 aliphatic rings. The summed E-state index contributed by atoms with van der Waals surface area (Å²) in [6, 6.07) is 6.31. The Hall–Kier alpha value is -1.74. The second-order valence-corrected chi connectivity index (χ2v) is 7.02. The molecule has 0 amide bonds. The van der Waals surface area contributed by atoms with Crippen molar-refractivity contribution < 1.29 is 13.3 Å². The van der Waals surface area contributed by atoms with Gasteiger partial charge in [0.1, 0.15) is 6.20 Å². The largest absolute Gasteiger partial charge is 0.381 e. The highest BCUT2D eigenvalue weighted by Crippen LogP contribution is 2.16. The van der Waals surface area contributed by atoms with Gasteiger partial charge in [0.25, 0.3) is 0 Å². The number of sulfone groups is 1. The molecule has 0 aliphatic heterocycles. The standard InChI is InChI=1S/C11H10BrN3O4S/c12-9-1-3-10(4-2-9)20(18,19)6-5-14-7-11(13-8-14)15(16)17/h1-4,7-8H,5-6H2. The van der Waals surface area contributed by atoms with Gasteiger partial charge in [-0.25, -0.2) is 8.42 Å². The average molecular weight is 360 g/mol. The van der Waals surface area contributed by atoms with Gasteiger partial charge in [0.05, 0.1) is 10.6 Å². The van der Waals surface area contributed by atoms with Gasteiger partial charge in [-0.05, 0) is 34.2 Å². The third-order valence-corrected chi connectivity index (χ3v) is 4.84. The summed E-state index contributed by atoms with van der Waals surface area (Å²) in [5.41, 5.74) is 0. The molecule has 9 heteroatoms. The Morgan fingerprint density at radius 3 is 2.50 bits per heavy atom. The third kappa shape index (κ3) is 3.42. The zero-order valence-corrected chi connectivity index (χ0v) is 12.5. The number of benzene rings is 1. The smallest absolute Gasteiger partial charge is 0.358 e. The SMILES string of the molecule is O=[N+]([O-])c1cn(CCS(=O)(=O)c2ccc(Br)cc2)cn1. The number of nitro groups is 1. The van der Waals surface area contributed by atoms with Gasteiger partial charge in [-0.2, -0.15) is 0 Å². The van der Waals surface area contributed by atoms with Crippen LogP contribution in [0, 0.1) is 10.1 Å². The normalized spacial score (nSPS) is 11.4. The number of hydrogen-bond donors (Lipinski definition) is 0. The minimum atomic E-state index is -3.43. The first-order valence-corrected chi connectivity index (χ1v) is 7.97. The Labute approximate surface area is 123 Å². The van der Waals surface area contributed by atoms with Gasteiger partial charge in [0.15, 0.2) is 9.84 Å². The maximum absolute atomic E-state index is 12.1. The molecule has 0 aliphatic carbocycles. The molecule has 2 rings (SSSR count). The summed E-state index contributed by atoms with van der Waals surface area (Å²) in [7, 11) is -3.43. The first-order valence-electron chi connectivity index (χ1n) is 5.53. The molecule has 0 saturated heterocycles. The predicted molar refractivity (Wildman–Crippen MR) is 75.1 cm³/mol. The Morgan fingerprint density at radius 1 is 1.30 bits per heavy atom. The average Bonchev–Trinajstić information content (AvgIpc) is 2.86. The Morgan fingerprint density at radius 2 is 1.95 bits per heavy atom. The van der Waals surface area contributed by atoms with Crippen LogP contribution < -0.4 is 0 Å². The van der Waals surface area contributed by atoms with E-state index in [1.807, 2.05) is 0 Å². The molecule has 0 fully saturated rings. The van der Waals surface area contributed by atoms with Crippen LogP contribution in [0.5, 0.6) is 0 Å². The number of halogens is 1. The highest BCUT2D eigenvalue weighted by Gasteiger charge is 2.16. The van der Waals surface area contributed by atoms with Gasteiger partial charge in [0.2, 0.25) is 6.33 Å². The molecule has 0 radical (unpaired) electrons. The summed E-state index contributed by atoms with van der Waals surface area (Å²) in [5.74, 6) is -0.451. The summed E-state index contributed by atoms with van der Waals surface area (Å²) < 4.78 is 26.3. The van der Waals surface area contributed by atoms with E-state index in [-0.39, 0.29) is 23.0 Å². The lowest BCUT2D eigenvalue weighted by molar-refractivity contribution is -0.389. The maximum atomic E-state index is 12.1. The molecule has 1 aromatic heterocycles. The van der Waals surface area contributed by atoms with Crippen LogP contribution in [0.15, 0.2) is 46.2 Å². The summed E-state index contributed by atoms with van der Waals surface area (Å²) >= 11 is 3.23. The summed E-state index contributed by atoms with van der Waals surface area (Å²) in [6.07, 6.45) is 2.45. The van der Waals surface area contributed by atoms with Gasteiger partial charge in [-0.15, -0.1) is 0 Å². The summed E-state index contributed by atoms with van der Waals surface area (Å²) in [6.45, 7) is 0.110. The lowest BCUT2D eigenvalue weighted by Gasteiger charge is -2.04. The topological polar surface area (TPSA) is 95.1 Å². The van der Waals surface area contributed by atoms with Crippen molar-refractivity contribution in [3.63, 3.8) is 0 Å². The van der Waals surface area contributed by atoms with E-state index in [2.05, 4.69) is 20.9 Å². The highest BCUT2D eigenvalue weighted by atomic mass is 79.9. The Bertz CT molecular complexity index is 724. The molecule has 0 saturated carbocycles. The molecule has 106 valence electrons. The second kappa shape index (κ2) is 5.71. The van der Waals surface area contributed by atoms with Crippen molar-refractivity contribution >= 4 is 31.6 Å². The predicted octanol–water partition coefficient (Wildman–Crippen LogP) is 2.03. The van der Waals surface area contributed by atoms with Crippen molar-refractivity contribution in [1.29, 1.82) is 0 Å². The lowest BCUT2D eigenvalue weighted by Crippen LogP contribution is -2.12. The van der Waals surface area contributed by atoms with E-state index in [4.69, 9.17) is 0 Å². The van der Waals surface area contributed by atoms with Crippen molar-refractivity contribution in [2.24, 2.45) is 0 Å². The number of hydrogen-bond acceptors (Lipinski definition) is 5. The Balaban J connectivity index is 2.08. The van der Waals surface area contributed by atoms with E-state index in [1.165, 1.54) is 29.2 Å². The van der Waals surface area contributed by atoms with Crippen LogP contribution >= 0.6 is 15.9 Å². The number of nitrogens with zero attached hydrogens (tertiary/aromatic N) is 3. The van der Waals surface area contributed by atoms with Gasteiger partial charge >= 0.3 is 5.82 Å². The Kier molecular flexibility index (Phi) is 4.19. The van der Waals surface area contributed by atoms with Gasteiger partial charge in [0, 0.05) is 11.0 Å². The summed E-state index contributed by atoms with van der Waals surface area (Å²) in [4.78, 5) is 13.6.